The van der Waals surface area contributed by atoms with Crippen molar-refractivity contribution in [2.45, 2.75) is 32.4 Å². The van der Waals surface area contributed by atoms with Crippen LogP contribution in [0, 0.1) is 5.82 Å². The number of amides is 1. The number of carbonyl (C=O) groups is 1. The monoisotopic (exact) mass is 471 g/mol. The summed E-state index contributed by atoms with van der Waals surface area (Å²) in [4.78, 5) is 26.6. The van der Waals surface area contributed by atoms with Gasteiger partial charge in [-0.1, -0.05) is 42.5 Å². The van der Waals surface area contributed by atoms with Crippen molar-refractivity contribution in [3.05, 3.63) is 95.7 Å². The fourth-order valence-electron chi connectivity index (χ4n) is 4.69. The highest BCUT2D eigenvalue weighted by Crippen LogP contribution is 2.18. The molecular weight excluding hydrogens is 441 g/mol. The van der Waals surface area contributed by atoms with Crippen molar-refractivity contribution in [2.24, 2.45) is 0 Å². The summed E-state index contributed by atoms with van der Waals surface area (Å²) >= 11 is 0. The molecule has 2 aromatic heterocycles. The molecule has 1 aliphatic rings. The molecule has 35 heavy (non-hydrogen) atoms. The zero-order valence-corrected chi connectivity index (χ0v) is 19.8. The molecule has 1 saturated heterocycles. The largest absolute Gasteiger partial charge is 0.340 e. The molecule has 0 saturated carbocycles. The number of aromatic nitrogens is 3. The first-order valence-electron chi connectivity index (χ1n) is 12.2. The van der Waals surface area contributed by atoms with Gasteiger partial charge in [0.2, 0.25) is 5.91 Å². The van der Waals surface area contributed by atoms with Crippen LogP contribution >= 0.6 is 0 Å². The Balaban J connectivity index is 1.16. The number of piperazine rings is 1. The van der Waals surface area contributed by atoms with Gasteiger partial charge in [0, 0.05) is 51.8 Å². The van der Waals surface area contributed by atoms with Gasteiger partial charge in [-0.25, -0.2) is 14.4 Å². The summed E-state index contributed by atoms with van der Waals surface area (Å²) in [5.41, 5.74) is 3.95. The molecule has 0 atom stereocenters. The van der Waals surface area contributed by atoms with Crippen LogP contribution in [0.3, 0.4) is 0 Å². The maximum absolute atomic E-state index is 13.3. The van der Waals surface area contributed by atoms with Gasteiger partial charge in [-0.05, 0) is 41.8 Å². The van der Waals surface area contributed by atoms with Crippen molar-refractivity contribution in [1.29, 1.82) is 0 Å². The standard InChI is InChI=1S/C28H30FN5O/c29-24-13-11-23(12-14-24)21-34-26(31-25-8-5-15-30-28(25)34)9-4-10-27(35)33-18-16-32(17-19-33)20-22-6-2-1-3-7-22/h1-3,5-8,11-15H,4,9-10,16-21H2. The lowest BCUT2D eigenvalue weighted by atomic mass is 10.1. The quantitative estimate of drug-likeness (QED) is 0.385. The van der Waals surface area contributed by atoms with Gasteiger partial charge < -0.3 is 9.47 Å². The highest BCUT2D eigenvalue weighted by molar-refractivity contribution is 5.76. The lowest BCUT2D eigenvalue weighted by Gasteiger charge is -2.34. The molecule has 0 unspecified atom stereocenters. The second-order valence-corrected chi connectivity index (χ2v) is 9.08. The molecule has 6 nitrogen and oxygen atoms in total. The molecule has 1 aliphatic heterocycles. The molecule has 1 fully saturated rings. The van der Waals surface area contributed by atoms with Crippen molar-refractivity contribution in [1.82, 2.24) is 24.3 Å². The van der Waals surface area contributed by atoms with Gasteiger partial charge >= 0.3 is 0 Å². The number of nitrogens with zero attached hydrogens (tertiary/aromatic N) is 5. The fraction of sp³-hybridized carbons (Fsp3) is 0.321. The molecule has 0 radical (unpaired) electrons. The molecule has 0 spiro atoms. The minimum atomic E-state index is -0.248. The van der Waals surface area contributed by atoms with E-state index in [1.54, 1.807) is 18.3 Å². The lowest BCUT2D eigenvalue weighted by molar-refractivity contribution is -0.133. The van der Waals surface area contributed by atoms with Gasteiger partial charge in [0.05, 0.1) is 6.54 Å². The van der Waals surface area contributed by atoms with Crippen LogP contribution in [0.1, 0.15) is 29.8 Å². The van der Waals surface area contributed by atoms with Crippen LogP contribution in [0.2, 0.25) is 0 Å². The van der Waals surface area contributed by atoms with Crippen LogP contribution in [-0.4, -0.2) is 56.4 Å². The van der Waals surface area contributed by atoms with Crippen LogP contribution in [0.5, 0.6) is 0 Å². The molecule has 1 amide bonds. The van der Waals surface area contributed by atoms with E-state index in [1.165, 1.54) is 17.7 Å². The van der Waals surface area contributed by atoms with E-state index < -0.39 is 0 Å². The van der Waals surface area contributed by atoms with Crippen LogP contribution < -0.4 is 0 Å². The van der Waals surface area contributed by atoms with Gasteiger partial charge in [0.25, 0.3) is 0 Å². The number of benzene rings is 2. The van der Waals surface area contributed by atoms with Crippen molar-refractivity contribution in [3.8, 4) is 0 Å². The molecule has 180 valence electrons. The van der Waals surface area contributed by atoms with E-state index >= 15 is 0 Å². The van der Waals surface area contributed by atoms with Crippen LogP contribution in [-0.2, 0) is 24.3 Å². The molecule has 7 heteroatoms. The third-order valence-corrected chi connectivity index (χ3v) is 6.60. The SMILES string of the molecule is O=C(CCCc1nc2cccnc2n1Cc1ccc(F)cc1)N1CCN(Cc2ccccc2)CC1. The maximum atomic E-state index is 13.3. The first-order chi connectivity index (χ1) is 17.2. The number of fused-ring (bicyclic) bond motifs is 1. The number of imidazole rings is 1. The third-order valence-electron chi connectivity index (χ3n) is 6.60. The van der Waals surface area contributed by atoms with Crippen molar-refractivity contribution >= 4 is 17.1 Å². The van der Waals surface area contributed by atoms with Crippen LogP contribution in [0.4, 0.5) is 4.39 Å². The molecule has 4 aromatic rings. The summed E-state index contributed by atoms with van der Waals surface area (Å²) in [5, 5.41) is 0. The molecule has 5 rings (SSSR count). The number of hydrogen-bond donors (Lipinski definition) is 0. The average Bonchev–Trinajstić information content (AvgIpc) is 3.23. The van der Waals surface area contributed by atoms with E-state index in [4.69, 9.17) is 4.98 Å². The Hall–Kier alpha value is -3.58. The minimum Gasteiger partial charge on any atom is -0.340 e. The number of rotatable bonds is 8. The summed E-state index contributed by atoms with van der Waals surface area (Å²) in [5.74, 6) is 0.870. The first kappa shape index (κ1) is 23.2. The number of pyridine rings is 1. The third kappa shape index (κ3) is 5.74. The predicted octanol–water partition coefficient (Wildman–Crippen LogP) is 4.29. The van der Waals surface area contributed by atoms with E-state index in [2.05, 4.69) is 38.7 Å². The molecule has 0 bridgehead atoms. The predicted molar refractivity (Wildman–Crippen MR) is 134 cm³/mol. The molecule has 0 aliphatic carbocycles. The van der Waals surface area contributed by atoms with Crippen LogP contribution in [0.25, 0.3) is 11.2 Å². The van der Waals surface area contributed by atoms with E-state index in [1.807, 2.05) is 23.1 Å². The van der Waals surface area contributed by atoms with Crippen molar-refractivity contribution in [3.63, 3.8) is 0 Å². The van der Waals surface area contributed by atoms with E-state index in [-0.39, 0.29) is 11.7 Å². The van der Waals surface area contributed by atoms with Gasteiger partial charge in [0.1, 0.15) is 17.2 Å². The van der Waals surface area contributed by atoms with Gasteiger partial charge in [-0.3, -0.25) is 9.69 Å². The average molecular weight is 472 g/mol. The number of aryl methyl sites for hydroxylation is 1. The van der Waals surface area contributed by atoms with Crippen molar-refractivity contribution in [2.75, 3.05) is 26.2 Å². The Morgan fingerprint density at radius 3 is 2.37 bits per heavy atom. The topological polar surface area (TPSA) is 54.3 Å². The Kier molecular flexibility index (Phi) is 7.14. The Labute approximate surface area is 205 Å². The lowest BCUT2D eigenvalue weighted by Crippen LogP contribution is -2.48. The molecule has 3 heterocycles. The second kappa shape index (κ2) is 10.8. The van der Waals surface area contributed by atoms with Crippen LogP contribution in [0.15, 0.2) is 72.9 Å². The first-order valence-corrected chi connectivity index (χ1v) is 12.2. The highest BCUT2D eigenvalue weighted by atomic mass is 19.1. The summed E-state index contributed by atoms with van der Waals surface area (Å²) in [7, 11) is 0. The summed E-state index contributed by atoms with van der Waals surface area (Å²) in [6, 6.07) is 20.8. The van der Waals surface area contributed by atoms with Gasteiger partial charge in [0.15, 0.2) is 5.65 Å². The van der Waals surface area contributed by atoms with E-state index in [9.17, 15) is 9.18 Å². The Bertz CT molecular complexity index is 1260. The minimum absolute atomic E-state index is 0.212. The number of hydrogen-bond acceptors (Lipinski definition) is 4. The second-order valence-electron chi connectivity index (χ2n) is 9.08. The zero-order chi connectivity index (χ0) is 24.0. The van der Waals surface area contributed by atoms with Gasteiger partial charge in [-0.2, -0.15) is 0 Å². The smallest absolute Gasteiger partial charge is 0.222 e. The summed E-state index contributed by atoms with van der Waals surface area (Å²) in [6.45, 7) is 4.86. The maximum Gasteiger partial charge on any atom is 0.222 e. The summed E-state index contributed by atoms with van der Waals surface area (Å²) in [6.07, 6.45) is 3.69. The number of halogens is 1. The number of carbonyl (C=O) groups excluding carboxylic acids is 1. The summed E-state index contributed by atoms with van der Waals surface area (Å²) < 4.78 is 15.4. The highest BCUT2D eigenvalue weighted by Gasteiger charge is 2.21. The molecule has 2 aromatic carbocycles. The molecule has 0 N–H and O–H groups in total. The Morgan fingerprint density at radius 2 is 1.60 bits per heavy atom. The molecular formula is C28H30FN5O. The fourth-order valence-corrected chi connectivity index (χ4v) is 4.69. The van der Waals surface area contributed by atoms with E-state index in [0.717, 1.165) is 61.7 Å². The Morgan fingerprint density at radius 1 is 0.857 bits per heavy atom. The van der Waals surface area contributed by atoms with Crippen molar-refractivity contribution < 1.29 is 9.18 Å². The zero-order valence-electron chi connectivity index (χ0n) is 19.8. The van der Waals surface area contributed by atoms with Gasteiger partial charge in [-0.15, -0.1) is 0 Å². The normalized spacial score (nSPS) is 14.5. The van der Waals surface area contributed by atoms with E-state index in [0.29, 0.717) is 19.4 Å².